The van der Waals surface area contributed by atoms with Crippen LogP contribution in [0.3, 0.4) is 0 Å². The van der Waals surface area contributed by atoms with Gasteiger partial charge in [-0.3, -0.25) is 9.48 Å². The topological polar surface area (TPSA) is 46.9 Å². The zero-order valence-electron chi connectivity index (χ0n) is 12.2. The lowest BCUT2D eigenvalue weighted by Crippen LogP contribution is -2.17. The Balaban J connectivity index is 1.91. The lowest BCUT2D eigenvalue weighted by molar-refractivity contribution is 0.101. The number of rotatable bonds is 4. The molecule has 0 aliphatic rings. The Labute approximate surface area is 141 Å². The molecule has 0 spiro atoms. The first-order chi connectivity index (χ1) is 11.1. The summed E-state index contributed by atoms with van der Waals surface area (Å²) < 4.78 is 15.9. The summed E-state index contributed by atoms with van der Waals surface area (Å²) in [7, 11) is 0. The molecule has 2 aromatic heterocycles. The number of amides is 1. The molecule has 4 nitrogen and oxygen atoms in total. The lowest BCUT2D eigenvalue weighted by atomic mass is 10.2. The zero-order chi connectivity index (χ0) is 16.4. The fourth-order valence-electron chi connectivity index (χ4n) is 2.16. The molecule has 1 N–H and O–H groups in total. The second-order valence-corrected chi connectivity index (χ2v) is 6.48. The van der Waals surface area contributed by atoms with Crippen LogP contribution in [0.5, 0.6) is 0 Å². The molecule has 2 heterocycles. The molecular formula is C16H13ClFN3OS. The lowest BCUT2D eigenvalue weighted by Gasteiger charge is -2.07. The van der Waals surface area contributed by atoms with E-state index in [2.05, 4.69) is 10.4 Å². The summed E-state index contributed by atoms with van der Waals surface area (Å²) >= 11 is 7.33. The molecule has 0 saturated carbocycles. The molecule has 118 valence electrons. The van der Waals surface area contributed by atoms with Crippen molar-refractivity contribution in [2.45, 2.75) is 13.5 Å². The number of benzene rings is 1. The zero-order valence-corrected chi connectivity index (χ0v) is 13.8. The third-order valence-electron chi connectivity index (χ3n) is 3.26. The van der Waals surface area contributed by atoms with Gasteiger partial charge in [-0.15, -0.1) is 11.3 Å². The number of carbonyl (C=O) groups is 1. The second-order valence-electron chi connectivity index (χ2n) is 4.77. The van der Waals surface area contributed by atoms with Crippen molar-refractivity contribution in [1.82, 2.24) is 9.78 Å². The van der Waals surface area contributed by atoms with Gasteiger partial charge in [0.1, 0.15) is 17.2 Å². The van der Waals surface area contributed by atoms with Crippen LogP contribution in [-0.4, -0.2) is 15.7 Å². The van der Waals surface area contributed by atoms with Gasteiger partial charge in [-0.05, 0) is 37.3 Å². The number of aryl methyl sites for hydroxylation is 1. The number of aromatic nitrogens is 2. The highest BCUT2D eigenvalue weighted by Crippen LogP contribution is 2.30. The van der Waals surface area contributed by atoms with Crippen LogP contribution < -0.4 is 5.32 Å². The molecule has 3 aromatic rings. The van der Waals surface area contributed by atoms with Gasteiger partial charge in [0.2, 0.25) is 0 Å². The maximum Gasteiger partial charge on any atom is 0.274 e. The van der Waals surface area contributed by atoms with Crippen molar-refractivity contribution in [3.05, 3.63) is 58.3 Å². The SMILES string of the molecule is CCn1nc(-c2ccc(Cl)s2)cc1C(=O)Nc1ccccc1F. The standard InChI is InChI=1S/C16H13ClFN3OS/c1-2-21-13(9-12(20-21)14-7-8-15(17)23-14)16(22)19-11-6-4-3-5-10(11)18/h3-9H,2H2,1H3,(H,19,22). The van der Waals surface area contributed by atoms with E-state index < -0.39 is 11.7 Å². The van der Waals surface area contributed by atoms with Gasteiger partial charge < -0.3 is 5.32 Å². The van der Waals surface area contributed by atoms with E-state index in [0.29, 0.717) is 22.3 Å². The first-order valence-electron chi connectivity index (χ1n) is 6.98. The molecule has 0 bridgehead atoms. The number of halogens is 2. The molecule has 1 aromatic carbocycles. The van der Waals surface area contributed by atoms with Gasteiger partial charge in [0.05, 0.1) is 14.9 Å². The Morgan fingerprint density at radius 2 is 2.13 bits per heavy atom. The van der Waals surface area contributed by atoms with E-state index in [1.54, 1.807) is 28.9 Å². The number of thiophene rings is 1. The van der Waals surface area contributed by atoms with Crippen molar-refractivity contribution in [1.29, 1.82) is 0 Å². The van der Waals surface area contributed by atoms with Gasteiger partial charge >= 0.3 is 0 Å². The van der Waals surface area contributed by atoms with Gasteiger partial charge in [-0.1, -0.05) is 23.7 Å². The van der Waals surface area contributed by atoms with E-state index in [-0.39, 0.29) is 5.69 Å². The first-order valence-corrected chi connectivity index (χ1v) is 8.17. The number of hydrogen-bond acceptors (Lipinski definition) is 3. The van der Waals surface area contributed by atoms with Crippen LogP contribution in [0.1, 0.15) is 17.4 Å². The molecule has 0 unspecified atom stereocenters. The number of para-hydroxylation sites is 1. The van der Waals surface area contributed by atoms with E-state index >= 15 is 0 Å². The van der Waals surface area contributed by atoms with Gasteiger partial charge in [0.15, 0.2) is 0 Å². The summed E-state index contributed by atoms with van der Waals surface area (Å²) in [5.74, 6) is -0.882. The van der Waals surface area contributed by atoms with E-state index in [9.17, 15) is 9.18 Å². The smallest absolute Gasteiger partial charge is 0.274 e. The minimum absolute atomic E-state index is 0.141. The predicted octanol–water partition coefficient (Wildman–Crippen LogP) is 4.68. The largest absolute Gasteiger partial charge is 0.318 e. The minimum Gasteiger partial charge on any atom is -0.318 e. The number of carbonyl (C=O) groups excluding carboxylic acids is 1. The molecule has 0 aliphatic carbocycles. The number of nitrogens with zero attached hydrogens (tertiary/aromatic N) is 2. The van der Waals surface area contributed by atoms with Crippen LogP contribution >= 0.6 is 22.9 Å². The fraction of sp³-hybridized carbons (Fsp3) is 0.125. The quantitative estimate of drug-likeness (QED) is 0.743. The Bertz CT molecular complexity index is 859. The third kappa shape index (κ3) is 3.28. The highest BCUT2D eigenvalue weighted by Gasteiger charge is 2.17. The van der Waals surface area contributed by atoms with Gasteiger partial charge in [-0.25, -0.2) is 4.39 Å². The summed E-state index contributed by atoms with van der Waals surface area (Å²) in [6.45, 7) is 2.41. The number of hydrogen-bond donors (Lipinski definition) is 1. The van der Waals surface area contributed by atoms with E-state index in [1.807, 2.05) is 13.0 Å². The minimum atomic E-state index is -0.478. The molecule has 7 heteroatoms. The Morgan fingerprint density at radius 3 is 2.78 bits per heavy atom. The monoisotopic (exact) mass is 349 g/mol. The third-order valence-corrected chi connectivity index (χ3v) is 4.51. The van der Waals surface area contributed by atoms with Crippen molar-refractivity contribution in [3.8, 4) is 10.6 Å². The maximum absolute atomic E-state index is 13.7. The molecule has 0 radical (unpaired) electrons. The predicted molar refractivity (Wildman–Crippen MR) is 90.6 cm³/mol. The van der Waals surface area contributed by atoms with Crippen LogP contribution in [0.25, 0.3) is 10.6 Å². The average molecular weight is 350 g/mol. The number of anilines is 1. The molecule has 3 rings (SSSR count). The highest BCUT2D eigenvalue weighted by molar-refractivity contribution is 7.19. The molecule has 0 aliphatic heterocycles. The summed E-state index contributed by atoms with van der Waals surface area (Å²) in [5.41, 5.74) is 1.18. The molecule has 0 atom stereocenters. The summed E-state index contributed by atoms with van der Waals surface area (Å²) in [5, 5.41) is 6.99. The van der Waals surface area contributed by atoms with Gasteiger partial charge in [0.25, 0.3) is 5.91 Å². The number of nitrogens with one attached hydrogen (secondary N) is 1. The van der Waals surface area contributed by atoms with Crippen molar-refractivity contribution in [2.75, 3.05) is 5.32 Å². The van der Waals surface area contributed by atoms with Gasteiger partial charge in [-0.2, -0.15) is 5.10 Å². The molecular weight excluding hydrogens is 337 g/mol. The van der Waals surface area contributed by atoms with Crippen LogP contribution in [-0.2, 0) is 6.54 Å². The summed E-state index contributed by atoms with van der Waals surface area (Å²) in [4.78, 5) is 13.3. The fourth-order valence-corrected chi connectivity index (χ4v) is 3.16. The van der Waals surface area contributed by atoms with Crippen molar-refractivity contribution in [3.63, 3.8) is 0 Å². The van der Waals surface area contributed by atoms with Crippen LogP contribution in [0.2, 0.25) is 4.34 Å². The molecule has 1 amide bonds. The van der Waals surface area contributed by atoms with E-state index in [4.69, 9.17) is 11.6 Å². The highest BCUT2D eigenvalue weighted by atomic mass is 35.5. The average Bonchev–Trinajstić information content (AvgIpc) is 3.15. The first kappa shape index (κ1) is 15.7. The van der Waals surface area contributed by atoms with E-state index in [1.165, 1.54) is 23.5 Å². The van der Waals surface area contributed by atoms with Crippen molar-refractivity contribution in [2.24, 2.45) is 0 Å². The normalized spacial score (nSPS) is 10.7. The summed E-state index contributed by atoms with van der Waals surface area (Å²) in [6, 6.07) is 11.4. The molecule has 23 heavy (non-hydrogen) atoms. The van der Waals surface area contributed by atoms with Crippen LogP contribution in [0.15, 0.2) is 42.5 Å². The van der Waals surface area contributed by atoms with Crippen LogP contribution in [0, 0.1) is 5.82 Å². The van der Waals surface area contributed by atoms with Crippen molar-refractivity contribution < 1.29 is 9.18 Å². The van der Waals surface area contributed by atoms with Crippen LogP contribution in [0.4, 0.5) is 10.1 Å². The Morgan fingerprint density at radius 1 is 1.35 bits per heavy atom. The van der Waals surface area contributed by atoms with Gasteiger partial charge in [0, 0.05) is 6.54 Å². The summed E-state index contributed by atoms with van der Waals surface area (Å²) in [6.07, 6.45) is 0. The maximum atomic E-state index is 13.7. The molecule has 0 fully saturated rings. The Hall–Kier alpha value is -2.18. The second kappa shape index (κ2) is 6.52. The van der Waals surface area contributed by atoms with E-state index in [0.717, 1.165) is 4.88 Å². The van der Waals surface area contributed by atoms with Crippen molar-refractivity contribution >= 4 is 34.5 Å². The Kier molecular flexibility index (Phi) is 4.45. The molecule has 0 saturated heterocycles.